The second kappa shape index (κ2) is 4.32. The zero-order valence-corrected chi connectivity index (χ0v) is 10.1. The van der Waals surface area contributed by atoms with E-state index in [2.05, 4.69) is 0 Å². The molecular weight excluding hydrogens is 224 g/mol. The monoisotopic (exact) mass is 252 g/mol. The number of likely N-dealkylation sites (N-methyl/N-ethyl adjacent to an activating group) is 1. The van der Waals surface area contributed by atoms with E-state index in [1.165, 1.54) is 17.7 Å². The fraction of sp³-hybridized carbons (Fsp3) is 0.467. The van der Waals surface area contributed by atoms with E-state index in [0.717, 1.165) is 16.7 Å². The minimum absolute atomic E-state index is 0.280. The van der Waals surface area contributed by atoms with Crippen LogP contribution in [0.25, 0.3) is 10.9 Å². The largest absolute Gasteiger partial charge is 0.493 e. The number of hydrogen-bond acceptors (Lipinski definition) is 2. The van der Waals surface area contributed by atoms with E-state index in [1.54, 1.807) is 18.2 Å². The average molecular weight is 252 g/mol. The molecule has 0 N–H and O–H groups in total. The Morgan fingerprint density at radius 1 is 1.50 bits per heavy atom. The molecule has 3 rings (SSSR count). The van der Waals surface area contributed by atoms with Gasteiger partial charge in [0.25, 0.3) is 0 Å². The molecule has 2 heterocycles. The molecule has 0 radical (unpaired) electrons. The number of hydrogen-bond donors (Lipinski definition) is 0. The molecule has 3 heteroatoms. The Morgan fingerprint density at radius 2 is 2.39 bits per heavy atom. The quantitative estimate of drug-likeness (QED) is 0.835. The summed E-state index contributed by atoms with van der Waals surface area (Å²) >= 11 is 0. The first-order valence-corrected chi connectivity index (χ1v) is 5.91. The highest BCUT2D eigenvalue weighted by Crippen LogP contribution is 2.33. The lowest BCUT2D eigenvalue weighted by atomic mass is 10.1. The predicted octanol–water partition coefficient (Wildman–Crippen LogP) is 2.53. The molecule has 0 fully saturated rings. The summed E-state index contributed by atoms with van der Waals surface area (Å²) in [6.45, 7) is -6.35. The van der Waals surface area contributed by atoms with Crippen molar-refractivity contribution in [3.05, 3.63) is 30.0 Å². The van der Waals surface area contributed by atoms with Crippen LogP contribution in [0.4, 0.5) is 0 Å². The summed E-state index contributed by atoms with van der Waals surface area (Å²) in [6, 6.07) is 3.79. The fourth-order valence-corrected chi connectivity index (χ4v) is 2.29. The summed E-state index contributed by atoms with van der Waals surface area (Å²) in [6.07, 6.45) is 2.24. The van der Waals surface area contributed by atoms with Gasteiger partial charge in [-0.05, 0) is 39.1 Å². The highest BCUT2D eigenvalue weighted by molar-refractivity contribution is 5.86. The van der Waals surface area contributed by atoms with E-state index < -0.39 is 26.5 Å². The van der Waals surface area contributed by atoms with Gasteiger partial charge >= 0.3 is 0 Å². The van der Waals surface area contributed by atoms with Gasteiger partial charge in [-0.25, -0.2) is 0 Å². The molecule has 1 aliphatic heterocycles. The maximum Gasteiger partial charge on any atom is 0.123 e. The first kappa shape index (κ1) is 5.66. The maximum absolute atomic E-state index is 8.52. The molecular formula is C15H20N2O. The molecule has 18 heavy (non-hydrogen) atoms. The topological polar surface area (TPSA) is 17.4 Å². The van der Waals surface area contributed by atoms with Crippen molar-refractivity contribution >= 4 is 10.9 Å². The van der Waals surface area contributed by atoms with Gasteiger partial charge < -0.3 is 14.2 Å². The lowest BCUT2D eigenvalue weighted by Crippen LogP contribution is -2.28. The van der Waals surface area contributed by atoms with Crippen LogP contribution in [0, 0.1) is 0 Å². The Morgan fingerprint density at radius 3 is 3.22 bits per heavy atom. The predicted molar refractivity (Wildman–Crippen MR) is 74.3 cm³/mol. The Bertz CT molecular complexity index is 809. The number of nitrogens with zero attached hydrogens (tertiary/aromatic N) is 2. The summed E-state index contributed by atoms with van der Waals surface area (Å²) in [5.41, 5.74) is 1.55. The third kappa shape index (κ3) is 1.79. The Labute approximate surface area is 119 Å². The van der Waals surface area contributed by atoms with Gasteiger partial charge in [0.05, 0.1) is 9.35 Å². The van der Waals surface area contributed by atoms with Crippen molar-refractivity contribution in [3.8, 4) is 5.75 Å². The van der Waals surface area contributed by atoms with Crippen LogP contribution in [-0.4, -0.2) is 36.1 Å². The van der Waals surface area contributed by atoms with Crippen LogP contribution in [0.5, 0.6) is 5.75 Å². The van der Waals surface area contributed by atoms with Crippen LogP contribution in [-0.2, 0) is 12.9 Å². The molecule has 0 aliphatic carbocycles. The van der Waals surface area contributed by atoms with Crippen LogP contribution in [0.15, 0.2) is 24.4 Å². The van der Waals surface area contributed by atoms with Crippen molar-refractivity contribution in [1.82, 2.24) is 9.47 Å². The molecule has 3 nitrogen and oxygen atoms in total. The Hall–Kier alpha value is -1.48. The molecule has 1 atom stereocenters. The number of rotatable bonds is 3. The van der Waals surface area contributed by atoms with E-state index in [1.807, 2.05) is 0 Å². The zero-order chi connectivity index (χ0) is 19.5. The number of benzene rings is 1. The van der Waals surface area contributed by atoms with E-state index in [-0.39, 0.29) is 4.90 Å². The van der Waals surface area contributed by atoms with Gasteiger partial charge in [-0.3, -0.25) is 0 Å². The summed E-state index contributed by atoms with van der Waals surface area (Å²) in [7, 11) is 0. The first-order chi connectivity index (χ1) is 11.8. The van der Waals surface area contributed by atoms with E-state index in [9.17, 15) is 0 Å². The zero-order valence-electron chi connectivity index (χ0n) is 18.1. The summed E-state index contributed by atoms with van der Waals surface area (Å²) in [4.78, 5) is 0.280. The third-order valence-corrected chi connectivity index (χ3v) is 3.26. The Kier molecular flexibility index (Phi) is 1.36. The lowest BCUT2D eigenvalue weighted by Gasteiger charge is -2.20. The molecule has 1 aliphatic rings. The van der Waals surface area contributed by atoms with Crippen LogP contribution >= 0.6 is 0 Å². The van der Waals surface area contributed by atoms with Crippen LogP contribution in [0.1, 0.15) is 23.5 Å². The van der Waals surface area contributed by atoms with Gasteiger partial charge in [-0.15, -0.1) is 0 Å². The van der Waals surface area contributed by atoms with Crippen LogP contribution in [0.2, 0.25) is 0 Å². The SMILES string of the molecule is [2H]C([2H])([2H])N([C@H](C)C([2H])([2H])n1ccc2c3c(ccc21)OCC3)C([2H])([2H])[2H]. The summed E-state index contributed by atoms with van der Waals surface area (Å²) < 4.78 is 69.2. The number of ether oxygens (including phenoxy) is 1. The molecule has 0 saturated carbocycles. The van der Waals surface area contributed by atoms with Gasteiger partial charge in [-0.1, -0.05) is 0 Å². The van der Waals surface area contributed by atoms with E-state index in [0.29, 0.717) is 18.5 Å². The smallest absolute Gasteiger partial charge is 0.123 e. The summed E-state index contributed by atoms with van der Waals surface area (Å²) in [5.74, 6) is 0.760. The van der Waals surface area contributed by atoms with Gasteiger partial charge in [0.15, 0.2) is 0 Å². The molecule has 0 spiro atoms. The minimum Gasteiger partial charge on any atom is -0.493 e. The maximum atomic E-state index is 8.52. The molecule has 0 bridgehead atoms. The molecule has 1 aromatic carbocycles. The highest BCUT2D eigenvalue weighted by atomic mass is 16.5. The van der Waals surface area contributed by atoms with Gasteiger partial charge in [-0.2, -0.15) is 0 Å². The molecule has 0 amide bonds. The fourth-order valence-electron chi connectivity index (χ4n) is 2.29. The van der Waals surface area contributed by atoms with Crippen molar-refractivity contribution < 1.29 is 15.7 Å². The first-order valence-electron chi connectivity index (χ1n) is 9.91. The third-order valence-electron chi connectivity index (χ3n) is 3.26. The van der Waals surface area contributed by atoms with Crippen molar-refractivity contribution in [2.24, 2.45) is 0 Å². The number of aromatic nitrogens is 1. The van der Waals surface area contributed by atoms with Crippen LogP contribution in [0.3, 0.4) is 0 Å². The Balaban J connectivity index is 2.09. The van der Waals surface area contributed by atoms with E-state index in [4.69, 9.17) is 15.7 Å². The lowest BCUT2D eigenvalue weighted by molar-refractivity contribution is 0.286. The normalized spacial score (nSPS) is 24.8. The standard InChI is InChI=1S/C15H20N2O/c1-11(16(2)3)10-17-8-6-12-13-7-9-18-15(13)5-4-14(12)17/h4-6,8,11H,7,9-10H2,1-3H3/t11-/m1/s1/i2D3,3D3,10D2. The van der Waals surface area contributed by atoms with Crippen molar-refractivity contribution in [2.75, 3.05) is 20.6 Å². The van der Waals surface area contributed by atoms with Gasteiger partial charge in [0, 0.05) is 49.8 Å². The van der Waals surface area contributed by atoms with Crippen molar-refractivity contribution in [3.63, 3.8) is 0 Å². The van der Waals surface area contributed by atoms with E-state index >= 15 is 0 Å². The second-order valence-electron chi connectivity index (χ2n) is 4.43. The molecule has 0 unspecified atom stereocenters. The molecule has 1 aromatic heterocycles. The van der Waals surface area contributed by atoms with Crippen LogP contribution < -0.4 is 4.74 Å². The molecule has 0 saturated heterocycles. The average Bonchev–Trinajstić information content (AvgIpc) is 3.09. The van der Waals surface area contributed by atoms with Gasteiger partial charge in [0.2, 0.25) is 0 Å². The highest BCUT2D eigenvalue weighted by Gasteiger charge is 2.17. The van der Waals surface area contributed by atoms with Crippen molar-refractivity contribution in [1.29, 1.82) is 0 Å². The number of fused-ring (bicyclic) bond motifs is 3. The molecule has 96 valence electrons. The molecule has 2 aromatic rings. The van der Waals surface area contributed by atoms with Crippen molar-refractivity contribution in [2.45, 2.75) is 25.9 Å². The minimum atomic E-state index is -2.96. The van der Waals surface area contributed by atoms with Gasteiger partial charge in [0.1, 0.15) is 5.75 Å². The second-order valence-corrected chi connectivity index (χ2v) is 4.43. The summed E-state index contributed by atoms with van der Waals surface area (Å²) in [5, 5.41) is 0.824.